The summed E-state index contributed by atoms with van der Waals surface area (Å²) < 4.78 is 13.5. The number of nitrogens with zero attached hydrogens (tertiary/aromatic N) is 1. The first-order chi connectivity index (χ1) is 20.2. The lowest BCUT2D eigenvalue weighted by molar-refractivity contribution is -0.138. The molecule has 0 bridgehead atoms. The first-order valence-electron chi connectivity index (χ1n) is 14.0. The van der Waals surface area contributed by atoms with E-state index in [4.69, 9.17) is 14.6 Å². The summed E-state index contributed by atoms with van der Waals surface area (Å²) in [5.74, 6) is -0.0851. The molecule has 1 aromatic heterocycles. The zero-order chi connectivity index (χ0) is 30.1. The second-order valence-electron chi connectivity index (χ2n) is 10.3. The van der Waals surface area contributed by atoms with Crippen LogP contribution in [0, 0.1) is 20.8 Å². The van der Waals surface area contributed by atoms with Crippen molar-refractivity contribution in [3.05, 3.63) is 106 Å². The maximum Gasteiger partial charge on any atom is 0.323 e. The molecule has 0 unspecified atom stereocenters. The van der Waals surface area contributed by atoms with Gasteiger partial charge >= 0.3 is 11.9 Å². The van der Waals surface area contributed by atoms with Crippen molar-refractivity contribution in [3.63, 3.8) is 0 Å². The molecule has 7 nitrogen and oxygen atoms in total. The van der Waals surface area contributed by atoms with Gasteiger partial charge in [-0.1, -0.05) is 60.7 Å². The van der Waals surface area contributed by atoms with Gasteiger partial charge in [0, 0.05) is 17.5 Å². The first-order valence-corrected chi connectivity index (χ1v) is 14.0. The van der Waals surface area contributed by atoms with Crippen molar-refractivity contribution < 1.29 is 29.3 Å². The van der Waals surface area contributed by atoms with E-state index in [0.717, 1.165) is 55.9 Å². The number of fused-ring (bicyclic) bond motifs is 1. The van der Waals surface area contributed by atoms with Gasteiger partial charge in [-0.2, -0.15) is 0 Å². The van der Waals surface area contributed by atoms with E-state index < -0.39 is 11.9 Å². The Labute approximate surface area is 246 Å². The fraction of sp³-hybridized carbons (Fsp3) is 0.257. The number of aliphatic carboxylic acids is 2. The van der Waals surface area contributed by atoms with E-state index in [1.165, 1.54) is 0 Å². The van der Waals surface area contributed by atoms with Crippen molar-refractivity contribution >= 4 is 35.0 Å². The van der Waals surface area contributed by atoms with E-state index in [9.17, 15) is 14.7 Å². The fourth-order valence-electron chi connectivity index (χ4n) is 5.13. The van der Waals surface area contributed by atoms with E-state index in [0.29, 0.717) is 26.1 Å². The third-order valence-electron chi connectivity index (χ3n) is 7.20. The molecule has 42 heavy (non-hydrogen) atoms. The maximum atomic E-state index is 11.7. The van der Waals surface area contributed by atoms with Crippen molar-refractivity contribution in [2.45, 2.75) is 46.6 Å². The minimum Gasteiger partial charge on any atom is -0.490 e. The van der Waals surface area contributed by atoms with E-state index in [-0.39, 0.29) is 13.0 Å². The molecule has 0 aliphatic carbocycles. The van der Waals surface area contributed by atoms with Crippen molar-refractivity contribution in [2.24, 2.45) is 0 Å². The number of rotatable bonds is 14. The largest absolute Gasteiger partial charge is 0.490 e. The molecule has 0 atom stereocenters. The molecule has 4 aromatic rings. The van der Waals surface area contributed by atoms with Crippen LogP contribution in [0.15, 0.2) is 72.8 Å². The minimum atomic E-state index is -0.926. The highest BCUT2D eigenvalue weighted by molar-refractivity contribution is 5.95. The lowest BCUT2D eigenvalue weighted by atomic mass is 10.0. The molecule has 0 amide bonds. The molecule has 0 spiro atoms. The number of hydrogen-bond donors (Lipinski definition) is 2. The molecular weight excluding hydrogens is 530 g/mol. The summed E-state index contributed by atoms with van der Waals surface area (Å²) in [5, 5.41) is 19.6. The highest BCUT2D eigenvalue weighted by atomic mass is 16.5. The van der Waals surface area contributed by atoms with Crippen molar-refractivity contribution in [3.8, 4) is 11.5 Å². The van der Waals surface area contributed by atoms with Crippen molar-refractivity contribution in [1.82, 2.24) is 4.57 Å². The molecule has 218 valence electrons. The number of aromatic nitrogens is 1. The van der Waals surface area contributed by atoms with Gasteiger partial charge in [0.25, 0.3) is 0 Å². The van der Waals surface area contributed by atoms with Crippen LogP contribution in [0.25, 0.3) is 23.1 Å². The summed E-state index contributed by atoms with van der Waals surface area (Å²) in [5.41, 5.74) is 6.80. The molecule has 3 aromatic carbocycles. The van der Waals surface area contributed by atoms with Crippen LogP contribution in [-0.4, -0.2) is 39.9 Å². The van der Waals surface area contributed by atoms with Gasteiger partial charge in [-0.25, -0.2) is 0 Å². The van der Waals surface area contributed by atoms with Gasteiger partial charge in [-0.05, 0) is 85.7 Å². The Hall–Kier alpha value is -4.78. The lowest BCUT2D eigenvalue weighted by Gasteiger charge is -2.09. The van der Waals surface area contributed by atoms with Crippen LogP contribution in [0.3, 0.4) is 0 Å². The third-order valence-corrected chi connectivity index (χ3v) is 7.20. The zero-order valence-corrected chi connectivity index (χ0v) is 24.3. The zero-order valence-electron chi connectivity index (χ0n) is 24.3. The average Bonchev–Trinajstić information content (AvgIpc) is 3.21. The van der Waals surface area contributed by atoms with Gasteiger partial charge in [0.05, 0.1) is 5.52 Å². The van der Waals surface area contributed by atoms with Crippen LogP contribution in [0.2, 0.25) is 0 Å². The Bertz CT molecular complexity index is 1590. The number of para-hydroxylation sites is 2. The number of carboxylic acids is 2. The first kappa shape index (κ1) is 30.2. The Morgan fingerprint density at radius 1 is 0.810 bits per heavy atom. The number of carboxylic acid groups (broad SMARTS) is 2. The Morgan fingerprint density at radius 3 is 2.14 bits per heavy atom. The molecular formula is C35H37NO6. The summed E-state index contributed by atoms with van der Waals surface area (Å²) in [6.07, 6.45) is 8.99. The van der Waals surface area contributed by atoms with E-state index in [2.05, 4.69) is 0 Å². The maximum absolute atomic E-state index is 11.7. The van der Waals surface area contributed by atoms with Gasteiger partial charge in [0.1, 0.15) is 31.3 Å². The molecule has 0 aliphatic heterocycles. The number of carbonyl (C=O) groups is 2. The van der Waals surface area contributed by atoms with Gasteiger partial charge in [0.15, 0.2) is 0 Å². The van der Waals surface area contributed by atoms with Gasteiger partial charge in [-0.15, -0.1) is 0 Å². The Balaban J connectivity index is 1.41. The predicted molar refractivity (Wildman–Crippen MR) is 166 cm³/mol. The smallest absolute Gasteiger partial charge is 0.323 e. The van der Waals surface area contributed by atoms with Crippen LogP contribution < -0.4 is 9.47 Å². The summed E-state index contributed by atoms with van der Waals surface area (Å²) in [6, 6.07) is 19.8. The van der Waals surface area contributed by atoms with Crippen LogP contribution >= 0.6 is 0 Å². The molecule has 0 fully saturated rings. The second-order valence-corrected chi connectivity index (χ2v) is 10.3. The Kier molecular flexibility index (Phi) is 10.2. The van der Waals surface area contributed by atoms with E-state index in [1.807, 2.05) is 110 Å². The fourth-order valence-corrected chi connectivity index (χ4v) is 5.13. The molecule has 0 saturated heterocycles. The number of benzene rings is 3. The highest BCUT2D eigenvalue weighted by Gasteiger charge is 2.18. The number of aryl methyl sites for hydroxylation is 3. The summed E-state index contributed by atoms with van der Waals surface area (Å²) in [6.45, 7) is 6.72. The van der Waals surface area contributed by atoms with Crippen LogP contribution in [0.5, 0.6) is 11.5 Å². The van der Waals surface area contributed by atoms with E-state index in [1.54, 1.807) is 0 Å². The standard InChI is InChI=1S/C35H37NO6/c1-24-9-6-10-25(2)35(24)42-22-5-4-21-41-29-19-16-27(17-20-29)15-18-28-11-7-13-31-30(12-8-14-32(37)38)26(3)36(34(28)31)23-33(39)40/h4-7,9-11,13,15-20H,8,12,14,21-23H2,1-3H3,(H,37,38)(H,39,40). The van der Waals surface area contributed by atoms with Crippen molar-refractivity contribution in [2.75, 3.05) is 13.2 Å². The molecule has 4 rings (SSSR count). The highest BCUT2D eigenvalue weighted by Crippen LogP contribution is 2.31. The predicted octanol–water partition coefficient (Wildman–Crippen LogP) is 7.24. The van der Waals surface area contributed by atoms with Gasteiger partial charge < -0.3 is 24.3 Å². The number of hydrogen-bond acceptors (Lipinski definition) is 4. The Morgan fingerprint density at radius 2 is 1.48 bits per heavy atom. The van der Waals surface area contributed by atoms with Gasteiger partial charge in [0.2, 0.25) is 0 Å². The summed E-state index contributed by atoms with van der Waals surface area (Å²) in [7, 11) is 0. The molecule has 0 radical (unpaired) electrons. The van der Waals surface area contributed by atoms with Crippen molar-refractivity contribution in [1.29, 1.82) is 0 Å². The third kappa shape index (κ3) is 7.69. The molecule has 1 heterocycles. The molecule has 7 heteroatoms. The molecule has 0 saturated carbocycles. The quantitative estimate of drug-likeness (QED) is 0.123. The lowest BCUT2D eigenvalue weighted by Crippen LogP contribution is -2.10. The van der Waals surface area contributed by atoms with Crippen LogP contribution in [0.1, 0.15) is 46.4 Å². The molecule has 2 N–H and O–H groups in total. The van der Waals surface area contributed by atoms with Gasteiger partial charge in [-0.3, -0.25) is 9.59 Å². The number of ether oxygens (including phenoxy) is 2. The topological polar surface area (TPSA) is 98.0 Å². The normalized spacial score (nSPS) is 11.5. The SMILES string of the molecule is Cc1cccc(C)c1OCC=CCOc1ccc(C=Cc2cccc3c(CCCC(=O)O)c(C)n(CC(=O)O)c23)cc1. The average molecular weight is 568 g/mol. The summed E-state index contributed by atoms with van der Waals surface area (Å²) in [4.78, 5) is 22.7. The summed E-state index contributed by atoms with van der Waals surface area (Å²) >= 11 is 0. The van der Waals surface area contributed by atoms with Crippen LogP contribution in [0.4, 0.5) is 0 Å². The second kappa shape index (κ2) is 14.2. The molecule has 0 aliphatic rings. The minimum absolute atomic E-state index is 0.0722. The monoisotopic (exact) mass is 567 g/mol. The van der Waals surface area contributed by atoms with Crippen LogP contribution in [-0.2, 0) is 22.6 Å². The van der Waals surface area contributed by atoms with E-state index >= 15 is 0 Å².